The van der Waals surface area contributed by atoms with Gasteiger partial charge in [-0.1, -0.05) is 5.21 Å². The first-order valence-corrected chi connectivity index (χ1v) is 11.8. The zero-order valence-corrected chi connectivity index (χ0v) is 19.7. The van der Waals surface area contributed by atoms with E-state index in [1.54, 1.807) is 16.9 Å². The Morgan fingerprint density at radius 2 is 1.86 bits per heavy atom. The van der Waals surface area contributed by atoms with E-state index in [1.807, 2.05) is 39.9 Å². The maximum atomic E-state index is 13.7. The van der Waals surface area contributed by atoms with Gasteiger partial charge in [0.15, 0.2) is 0 Å². The molecule has 0 spiro atoms. The molecular formula is C26H24FN7O2. The Labute approximate surface area is 205 Å². The van der Waals surface area contributed by atoms with E-state index in [0.29, 0.717) is 28.7 Å². The Balaban J connectivity index is 1.26. The van der Waals surface area contributed by atoms with Crippen LogP contribution in [-0.4, -0.2) is 73.5 Å². The predicted molar refractivity (Wildman–Crippen MR) is 134 cm³/mol. The van der Waals surface area contributed by atoms with Gasteiger partial charge in [0.05, 0.1) is 17.4 Å². The van der Waals surface area contributed by atoms with E-state index in [4.69, 9.17) is 0 Å². The molecule has 9 nitrogen and oxygen atoms in total. The number of nitrogens with zero attached hydrogens (tertiary/aromatic N) is 6. The van der Waals surface area contributed by atoms with Gasteiger partial charge in [-0.15, -0.1) is 5.10 Å². The number of pyridine rings is 1. The van der Waals surface area contributed by atoms with Gasteiger partial charge in [0.2, 0.25) is 5.91 Å². The third-order valence-electron chi connectivity index (χ3n) is 6.76. The molecule has 1 saturated heterocycles. The van der Waals surface area contributed by atoms with E-state index in [0.717, 1.165) is 42.8 Å². The largest absolute Gasteiger partial charge is 0.339 e. The van der Waals surface area contributed by atoms with Crippen molar-refractivity contribution in [2.24, 2.45) is 0 Å². The standard InChI is InChI=1S/C26H24FN7O2/c1-31-8-10-32(11-9-31)25(35)16-33-7-6-17-13-20(3-5-24(17)33)34-15-23(29-30-34)21-14-18-12-19(27)2-4-22(18)28-26(21)36/h2-7,12-15H,8-11,16H2,1H3,(H,28,36). The molecule has 1 aliphatic heterocycles. The molecule has 1 fully saturated rings. The van der Waals surface area contributed by atoms with Crippen LogP contribution in [0.3, 0.4) is 0 Å². The Morgan fingerprint density at radius 3 is 2.69 bits per heavy atom. The topological polar surface area (TPSA) is 92.0 Å². The van der Waals surface area contributed by atoms with Crippen molar-refractivity contribution < 1.29 is 9.18 Å². The van der Waals surface area contributed by atoms with Crippen LogP contribution in [0.4, 0.5) is 4.39 Å². The molecule has 0 atom stereocenters. The highest BCUT2D eigenvalue weighted by atomic mass is 19.1. The molecule has 0 unspecified atom stereocenters. The van der Waals surface area contributed by atoms with Crippen LogP contribution < -0.4 is 5.56 Å². The van der Waals surface area contributed by atoms with Gasteiger partial charge in [0.25, 0.3) is 5.56 Å². The molecular weight excluding hydrogens is 461 g/mol. The van der Waals surface area contributed by atoms with Gasteiger partial charge in [-0.05, 0) is 55.6 Å². The highest BCUT2D eigenvalue weighted by Crippen LogP contribution is 2.23. The second kappa shape index (κ2) is 8.72. The molecule has 1 aliphatic rings. The van der Waals surface area contributed by atoms with Crippen LogP contribution in [0.25, 0.3) is 38.8 Å². The van der Waals surface area contributed by atoms with Crippen molar-refractivity contribution in [1.29, 1.82) is 0 Å². The van der Waals surface area contributed by atoms with Crippen molar-refractivity contribution in [3.8, 4) is 16.9 Å². The summed E-state index contributed by atoms with van der Waals surface area (Å²) in [6, 6.07) is 13.6. The number of carbonyl (C=O) groups is 1. The Morgan fingerprint density at radius 1 is 1.03 bits per heavy atom. The van der Waals surface area contributed by atoms with Crippen LogP contribution >= 0.6 is 0 Å². The molecule has 3 aromatic heterocycles. The lowest BCUT2D eigenvalue weighted by atomic mass is 10.1. The lowest BCUT2D eigenvalue weighted by Crippen LogP contribution is -2.48. The van der Waals surface area contributed by atoms with Gasteiger partial charge in [0, 0.05) is 54.2 Å². The number of fused-ring (bicyclic) bond motifs is 2. The van der Waals surface area contributed by atoms with Gasteiger partial charge in [0.1, 0.15) is 18.1 Å². The first kappa shape index (κ1) is 22.2. The zero-order chi connectivity index (χ0) is 24.8. The van der Waals surface area contributed by atoms with Crippen molar-refractivity contribution in [1.82, 2.24) is 34.3 Å². The lowest BCUT2D eigenvalue weighted by molar-refractivity contribution is -0.133. The maximum absolute atomic E-state index is 13.7. The minimum atomic E-state index is -0.380. The number of carbonyl (C=O) groups excluding carboxylic acids is 1. The molecule has 1 N–H and O–H groups in total. The van der Waals surface area contributed by atoms with Crippen LogP contribution in [0.5, 0.6) is 0 Å². The number of piperazine rings is 1. The summed E-state index contributed by atoms with van der Waals surface area (Å²) >= 11 is 0. The Bertz CT molecular complexity index is 1660. The summed E-state index contributed by atoms with van der Waals surface area (Å²) in [5.74, 6) is -0.263. The molecule has 36 heavy (non-hydrogen) atoms. The van der Waals surface area contributed by atoms with Crippen LogP contribution in [0, 0.1) is 5.82 Å². The van der Waals surface area contributed by atoms with Gasteiger partial charge in [-0.2, -0.15) is 0 Å². The number of aromatic nitrogens is 5. The second-order valence-corrected chi connectivity index (χ2v) is 9.16. The first-order valence-electron chi connectivity index (χ1n) is 11.8. The molecule has 182 valence electrons. The van der Waals surface area contributed by atoms with Crippen LogP contribution in [0.15, 0.2) is 65.7 Å². The summed E-state index contributed by atoms with van der Waals surface area (Å²) in [7, 11) is 2.07. The maximum Gasteiger partial charge on any atom is 0.258 e. The molecule has 1 amide bonds. The number of halogens is 1. The number of amides is 1. The fourth-order valence-electron chi connectivity index (χ4n) is 4.65. The average Bonchev–Trinajstić information content (AvgIpc) is 3.52. The molecule has 0 saturated carbocycles. The number of hydrogen-bond acceptors (Lipinski definition) is 5. The minimum absolute atomic E-state index is 0.117. The van der Waals surface area contributed by atoms with Crippen molar-refractivity contribution in [3.05, 3.63) is 77.1 Å². The quantitative estimate of drug-likeness (QED) is 0.423. The molecule has 0 radical (unpaired) electrons. The Kier molecular flexibility index (Phi) is 5.37. The molecule has 0 aliphatic carbocycles. The fraction of sp³-hybridized carbons (Fsp3) is 0.231. The molecule has 0 bridgehead atoms. The van der Waals surface area contributed by atoms with Gasteiger partial charge >= 0.3 is 0 Å². The van der Waals surface area contributed by atoms with Crippen LogP contribution in [0.1, 0.15) is 0 Å². The molecule has 5 aromatic rings. The van der Waals surface area contributed by atoms with E-state index in [2.05, 4.69) is 27.2 Å². The number of benzene rings is 2. The summed E-state index contributed by atoms with van der Waals surface area (Å²) in [5.41, 5.74) is 2.66. The number of H-pyrrole nitrogens is 1. The number of rotatable bonds is 4. The number of likely N-dealkylation sites (N-methyl/N-ethyl adjacent to an activating group) is 1. The number of hydrogen-bond donors (Lipinski definition) is 1. The SMILES string of the molecule is CN1CCN(C(=O)Cn2ccc3cc(-n4cc(-c5cc6cc(F)ccc6[nH]c5=O)nn4)ccc32)CC1. The monoisotopic (exact) mass is 485 g/mol. The number of aromatic amines is 1. The third-order valence-corrected chi connectivity index (χ3v) is 6.76. The summed E-state index contributed by atoms with van der Waals surface area (Å²) < 4.78 is 17.2. The molecule has 2 aromatic carbocycles. The first-order chi connectivity index (χ1) is 17.4. The summed E-state index contributed by atoms with van der Waals surface area (Å²) in [5, 5.41) is 9.92. The van der Waals surface area contributed by atoms with E-state index >= 15 is 0 Å². The van der Waals surface area contributed by atoms with E-state index in [1.165, 1.54) is 18.2 Å². The average molecular weight is 486 g/mol. The highest BCUT2D eigenvalue weighted by molar-refractivity contribution is 5.85. The van der Waals surface area contributed by atoms with Gasteiger partial charge < -0.3 is 19.4 Å². The van der Waals surface area contributed by atoms with Crippen LogP contribution in [0.2, 0.25) is 0 Å². The zero-order valence-electron chi connectivity index (χ0n) is 19.7. The van der Waals surface area contributed by atoms with E-state index in [9.17, 15) is 14.0 Å². The summed E-state index contributed by atoms with van der Waals surface area (Å²) in [4.78, 5) is 32.3. The van der Waals surface area contributed by atoms with Crippen molar-refractivity contribution in [2.75, 3.05) is 33.2 Å². The van der Waals surface area contributed by atoms with E-state index in [-0.39, 0.29) is 17.3 Å². The highest BCUT2D eigenvalue weighted by Gasteiger charge is 2.20. The Hall–Kier alpha value is -4.31. The molecule has 10 heteroatoms. The summed E-state index contributed by atoms with van der Waals surface area (Å²) in [6.07, 6.45) is 3.59. The minimum Gasteiger partial charge on any atom is -0.339 e. The van der Waals surface area contributed by atoms with E-state index < -0.39 is 0 Å². The van der Waals surface area contributed by atoms with Gasteiger partial charge in [-0.3, -0.25) is 9.59 Å². The number of nitrogens with one attached hydrogen (secondary N) is 1. The van der Waals surface area contributed by atoms with Crippen molar-refractivity contribution >= 4 is 27.7 Å². The normalized spacial score (nSPS) is 14.7. The van der Waals surface area contributed by atoms with Crippen molar-refractivity contribution in [2.45, 2.75) is 6.54 Å². The second-order valence-electron chi connectivity index (χ2n) is 9.16. The lowest BCUT2D eigenvalue weighted by Gasteiger charge is -2.32. The smallest absolute Gasteiger partial charge is 0.258 e. The fourth-order valence-corrected chi connectivity index (χ4v) is 4.65. The summed E-state index contributed by atoms with van der Waals surface area (Å²) in [6.45, 7) is 3.59. The van der Waals surface area contributed by atoms with Crippen LogP contribution in [-0.2, 0) is 11.3 Å². The molecule has 4 heterocycles. The third kappa shape index (κ3) is 4.05. The van der Waals surface area contributed by atoms with Gasteiger partial charge in [-0.25, -0.2) is 9.07 Å². The molecule has 6 rings (SSSR count). The predicted octanol–water partition coefficient (Wildman–Crippen LogP) is 2.64. The van der Waals surface area contributed by atoms with Crippen molar-refractivity contribution in [3.63, 3.8) is 0 Å².